The summed E-state index contributed by atoms with van der Waals surface area (Å²) in [5.41, 5.74) is 8.70. The number of nitrogen functional groups attached to an aromatic ring is 1. The third-order valence-corrected chi connectivity index (χ3v) is 4.51. The number of hydrogen-bond acceptors (Lipinski definition) is 4. The van der Waals surface area contributed by atoms with Crippen molar-refractivity contribution in [3.05, 3.63) is 34.7 Å². The lowest BCUT2D eigenvalue weighted by molar-refractivity contribution is 1.10. The highest BCUT2D eigenvalue weighted by Gasteiger charge is 2.04. The predicted molar refractivity (Wildman–Crippen MR) is 78.4 cm³/mol. The first-order valence-corrected chi connectivity index (χ1v) is 7.71. The molecule has 2 rings (SSSR count). The lowest BCUT2D eigenvalue weighted by atomic mass is 10.1. The summed E-state index contributed by atoms with van der Waals surface area (Å²) < 4.78 is 0. The van der Waals surface area contributed by atoms with Crippen LogP contribution in [0.3, 0.4) is 0 Å². The zero-order valence-corrected chi connectivity index (χ0v) is 11.5. The van der Waals surface area contributed by atoms with Gasteiger partial charge in [-0.1, -0.05) is 19.1 Å². The summed E-state index contributed by atoms with van der Waals surface area (Å²) in [4.78, 5) is 4.64. The van der Waals surface area contributed by atoms with Gasteiger partial charge in [-0.3, -0.25) is 0 Å². The lowest BCUT2D eigenvalue weighted by Crippen LogP contribution is -1.86. The third-order valence-electron chi connectivity index (χ3n) is 2.31. The minimum absolute atomic E-state index is 0.789. The van der Waals surface area contributed by atoms with Crippen LogP contribution in [0.15, 0.2) is 29.6 Å². The van der Waals surface area contributed by atoms with Crippen LogP contribution in [-0.4, -0.2) is 10.7 Å². The van der Waals surface area contributed by atoms with Crippen molar-refractivity contribution < 1.29 is 0 Å². The van der Waals surface area contributed by atoms with Gasteiger partial charge in [0.25, 0.3) is 0 Å². The standard InChI is InChI=1S/C13H16N2S2/c1-2-6-16-9-13-15-12(8-17-13)10-4-3-5-11(14)7-10/h3-5,7-8H,2,6,9,14H2,1H3. The van der Waals surface area contributed by atoms with Crippen LogP contribution in [0.4, 0.5) is 5.69 Å². The van der Waals surface area contributed by atoms with Crippen LogP contribution < -0.4 is 5.73 Å². The molecule has 17 heavy (non-hydrogen) atoms. The Morgan fingerprint density at radius 1 is 1.41 bits per heavy atom. The Labute approximate surface area is 110 Å². The normalized spacial score (nSPS) is 10.6. The van der Waals surface area contributed by atoms with Crippen LogP contribution in [0.25, 0.3) is 11.3 Å². The van der Waals surface area contributed by atoms with E-state index in [4.69, 9.17) is 5.73 Å². The summed E-state index contributed by atoms with van der Waals surface area (Å²) in [5.74, 6) is 2.22. The SMILES string of the molecule is CCCSCc1nc(-c2cccc(N)c2)cs1. The van der Waals surface area contributed by atoms with E-state index in [0.717, 1.165) is 22.7 Å². The highest BCUT2D eigenvalue weighted by Crippen LogP contribution is 2.25. The Morgan fingerprint density at radius 2 is 2.29 bits per heavy atom. The van der Waals surface area contributed by atoms with E-state index in [1.165, 1.54) is 17.2 Å². The summed E-state index contributed by atoms with van der Waals surface area (Å²) in [5, 5.41) is 3.30. The molecule has 0 radical (unpaired) electrons. The maximum Gasteiger partial charge on any atom is 0.103 e. The minimum Gasteiger partial charge on any atom is -0.399 e. The molecule has 2 aromatic rings. The number of benzene rings is 1. The highest BCUT2D eigenvalue weighted by atomic mass is 32.2. The zero-order chi connectivity index (χ0) is 12.1. The molecule has 1 aromatic heterocycles. The molecule has 0 aliphatic heterocycles. The molecule has 4 heteroatoms. The quantitative estimate of drug-likeness (QED) is 0.654. The molecular weight excluding hydrogens is 248 g/mol. The molecule has 0 saturated carbocycles. The van der Waals surface area contributed by atoms with Crippen molar-refractivity contribution in [3.63, 3.8) is 0 Å². The number of nitrogens with two attached hydrogens (primary N) is 1. The fourth-order valence-electron chi connectivity index (χ4n) is 1.51. The maximum absolute atomic E-state index is 5.77. The minimum atomic E-state index is 0.789. The van der Waals surface area contributed by atoms with Gasteiger partial charge in [0.15, 0.2) is 0 Å². The van der Waals surface area contributed by atoms with E-state index in [1.807, 2.05) is 36.0 Å². The van der Waals surface area contributed by atoms with E-state index >= 15 is 0 Å². The van der Waals surface area contributed by atoms with Crippen molar-refractivity contribution in [1.29, 1.82) is 0 Å². The van der Waals surface area contributed by atoms with Gasteiger partial charge in [0, 0.05) is 22.4 Å². The summed E-state index contributed by atoms with van der Waals surface area (Å²) in [6.45, 7) is 2.20. The molecule has 2 nitrogen and oxygen atoms in total. The van der Waals surface area contributed by atoms with Gasteiger partial charge in [0.1, 0.15) is 5.01 Å². The number of thioether (sulfide) groups is 1. The van der Waals surface area contributed by atoms with Crippen LogP contribution in [0.1, 0.15) is 18.4 Å². The fraction of sp³-hybridized carbons (Fsp3) is 0.308. The van der Waals surface area contributed by atoms with Crippen LogP contribution in [0.2, 0.25) is 0 Å². The smallest absolute Gasteiger partial charge is 0.103 e. The van der Waals surface area contributed by atoms with Gasteiger partial charge in [-0.15, -0.1) is 11.3 Å². The number of nitrogens with zero attached hydrogens (tertiary/aromatic N) is 1. The van der Waals surface area contributed by atoms with Crippen molar-refractivity contribution in [2.75, 3.05) is 11.5 Å². The molecule has 0 amide bonds. The van der Waals surface area contributed by atoms with Crippen molar-refractivity contribution in [1.82, 2.24) is 4.98 Å². The molecule has 0 bridgehead atoms. The number of thiazole rings is 1. The summed E-state index contributed by atoms with van der Waals surface area (Å²) in [6, 6.07) is 7.88. The van der Waals surface area contributed by atoms with Crippen LogP contribution >= 0.6 is 23.1 Å². The Morgan fingerprint density at radius 3 is 3.06 bits per heavy atom. The first-order valence-electron chi connectivity index (χ1n) is 5.67. The summed E-state index contributed by atoms with van der Waals surface area (Å²) >= 11 is 3.67. The average Bonchev–Trinajstić information content (AvgIpc) is 2.78. The first kappa shape index (κ1) is 12.5. The van der Waals surface area contributed by atoms with Gasteiger partial charge >= 0.3 is 0 Å². The topological polar surface area (TPSA) is 38.9 Å². The van der Waals surface area contributed by atoms with Gasteiger partial charge in [0.05, 0.1) is 5.69 Å². The zero-order valence-electron chi connectivity index (χ0n) is 9.85. The van der Waals surface area contributed by atoms with Crippen molar-refractivity contribution in [2.24, 2.45) is 0 Å². The van der Waals surface area contributed by atoms with Crippen LogP contribution in [0.5, 0.6) is 0 Å². The van der Waals surface area contributed by atoms with Crippen LogP contribution in [-0.2, 0) is 5.75 Å². The molecular formula is C13H16N2S2. The molecule has 0 atom stereocenters. The number of rotatable bonds is 5. The first-order chi connectivity index (χ1) is 8.29. The second-order valence-corrected chi connectivity index (χ2v) is 5.85. The van der Waals surface area contributed by atoms with Crippen molar-refractivity contribution in [3.8, 4) is 11.3 Å². The van der Waals surface area contributed by atoms with E-state index < -0.39 is 0 Å². The van der Waals surface area contributed by atoms with Gasteiger partial charge in [-0.2, -0.15) is 11.8 Å². The molecule has 1 aromatic carbocycles. The molecule has 1 heterocycles. The second kappa shape index (κ2) is 6.07. The van der Waals surface area contributed by atoms with Gasteiger partial charge in [0.2, 0.25) is 0 Å². The second-order valence-electron chi connectivity index (χ2n) is 3.80. The van der Waals surface area contributed by atoms with E-state index in [-0.39, 0.29) is 0 Å². The molecule has 0 aliphatic carbocycles. The number of aromatic nitrogens is 1. The molecule has 0 saturated heterocycles. The molecule has 90 valence electrons. The Balaban J connectivity index is 2.07. The number of hydrogen-bond donors (Lipinski definition) is 1. The molecule has 0 fully saturated rings. The average molecular weight is 264 g/mol. The monoisotopic (exact) mass is 264 g/mol. The number of anilines is 1. The Bertz CT molecular complexity index is 480. The van der Waals surface area contributed by atoms with Gasteiger partial charge < -0.3 is 5.73 Å². The third kappa shape index (κ3) is 3.48. The van der Waals surface area contributed by atoms with E-state index in [9.17, 15) is 0 Å². The van der Waals surface area contributed by atoms with E-state index in [0.29, 0.717) is 0 Å². The van der Waals surface area contributed by atoms with Crippen molar-refractivity contribution >= 4 is 28.8 Å². The summed E-state index contributed by atoms with van der Waals surface area (Å²) in [7, 11) is 0. The largest absolute Gasteiger partial charge is 0.399 e. The fourth-order valence-corrected chi connectivity index (χ4v) is 3.29. The Kier molecular flexibility index (Phi) is 4.45. The van der Waals surface area contributed by atoms with Gasteiger partial charge in [-0.25, -0.2) is 4.98 Å². The highest BCUT2D eigenvalue weighted by molar-refractivity contribution is 7.98. The molecule has 2 N–H and O–H groups in total. The maximum atomic E-state index is 5.77. The summed E-state index contributed by atoms with van der Waals surface area (Å²) in [6.07, 6.45) is 1.22. The molecule has 0 aliphatic rings. The molecule has 0 unspecified atom stereocenters. The van der Waals surface area contributed by atoms with E-state index in [1.54, 1.807) is 11.3 Å². The lowest BCUT2D eigenvalue weighted by Gasteiger charge is -1.98. The molecule has 0 spiro atoms. The van der Waals surface area contributed by atoms with Crippen molar-refractivity contribution in [2.45, 2.75) is 19.1 Å². The van der Waals surface area contributed by atoms with Crippen LogP contribution in [0, 0.1) is 0 Å². The Hall–Kier alpha value is -1.000. The van der Waals surface area contributed by atoms with E-state index in [2.05, 4.69) is 17.3 Å². The predicted octanol–water partition coefficient (Wildman–Crippen LogP) is 4.04. The van der Waals surface area contributed by atoms with Gasteiger partial charge in [-0.05, 0) is 24.3 Å².